The van der Waals surface area contributed by atoms with Crippen LogP contribution in [0.25, 0.3) is 0 Å². The van der Waals surface area contributed by atoms with Gasteiger partial charge in [0.2, 0.25) is 17.8 Å². The van der Waals surface area contributed by atoms with Crippen LogP contribution in [-0.2, 0) is 0 Å². The lowest BCUT2D eigenvalue weighted by Crippen LogP contribution is -2.25. The summed E-state index contributed by atoms with van der Waals surface area (Å²) in [5.74, 6) is 1.15. The molecule has 1 aromatic heterocycles. The molecule has 0 saturated heterocycles. The molecule has 0 aliphatic rings. The third-order valence-corrected chi connectivity index (χ3v) is 3.00. The molecule has 7 heteroatoms. The van der Waals surface area contributed by atoms with Gasteiger partial charge in [-0.1, -0.05) is 17.7 Å². The number of hydrogen-bond donors (Lipinski definition) is 2. The van der Waals surface area contributed by atoms with Gasteiger partial charge >= 0.3 is 0 Å². The second-order valence-electron chi connectivity index (χ2n) is 4.12. The SMILES string of the molecule is CCN(CC)c1nc(N)nc(Nc2cccc(Cl)c2)n1. The van der Waals surface area contributed by atoms with E-state index in [-0.39, 0.29) is 5.95 Å². The zero-order chi connectivity index (χ0) is 14.5. The number of halogens is 1. The number of nitrogens with two attached hydrogens (primary N) is 1. The van der Waals surface area contributed by atoms with E-state index < -0.39 is 0 Å². The van der Waals surface area contributed by atoms with Gasteiger partial charge in [-0.15, -0.1) is 0 Å². The van der Waals surface area contributed by atoms with Gasteiger partial charge in [0.05, 0.1) is 0 Å². The molecule has 0 fully saturated rings. The molecule has 0 amide bonds. The highest BCUT2D eigenvalue weighted by atomic mass is 35.5. The van der Waals surface area contributed by atoms with Crippen LogP contribution in [0.4, 0.5) is 23.5 Å². The second-order valence-corrected chi connectivity index (χ2v) is 4.56. The Labute approximate surface area is 123 Å². The third-order valence-electron chi connectivity index (χ3n) is 2.77. The van der Waals surface area contributed by atoms with E-state index in [2.05, 4.69) is 20.3 Å². The highest BCUT2D eigenvalue weighted by molar-refractivity contribution is 6.30. The Kier molecular flexibility index (Phi) is 4.57. The maximum absolute atomic E-state index is 5.94. The molecule has 0 radical (unpaired) electrons. The van der Waals surface area contributed by atoms with Crippen molar-refractivity contribution in [3.05, 3.63) is 29.3 Å². The highest BCUT2D eigenvalue weighted by Gasteiger charge is 2.09. The fourth-order valence-electron chi connectivity index (χ4n) is 1.78. The molecule has 3 N–H and O–H groups in total. The Balaban J connectivity index is 2.28. The first-order valence-corrected chi connectivity index (χ1v) is 6.79. The van der Waals surface area contributed by atoms with Gasteiger partial charge in [-0.3, -0.25) is 0 Å². The molecule has 0 unspecified atom stereocenters. The van der Waals surface area contributed by atoms with Crippen molar-refractivity contribution in [2.45, 2.75) is 13.8 Å². The molecule has 0 saturated carbocycles. The van der Waals surface area contributed by atoms with Gasteiger partial charge in [0.15, 0.2) is 0 Å². The Bertz CT molecular complexity index is 585. The summed E-state index contributed by atoms with van der Waals surface area (Å²) in [5, 5.41) is 3.72. The lowest BCUT2D eigenvalue weighted by atomic mass is 10.3. The first-order valence-electron chi connectivity index (χ1n) is 6.41. The molecule has 20 heavy (non-hydrogen) atoms. The summed E-state index contributed by atoms with van der Waals surface area (Å²) in [7, 11) is 0. The van der Waals surface area contributed by atoms with Crippen molar-refractivity contribution in [1.82, 2.24) is 15.0 Å². The van der Waals surface area contributed by atoms with Gasteiger partial charge in [-0.05, 0) is 32.0 Å². The van der Waals surface area contributed by atoms with Gasteiger partial charge < -0.3 is 16.0 Å². The molecule has 6 nitrogen and oxygen atoms in total. The van der Waals surface area contributed by atoms with Crippen molar-refractivity contribution in [2.24, 2.45) is 0 Å². The number of anilines is 4. The van der Waals surface area contributed by atoms with E-state index in [1.807, 2.05) is 30.9 Å². The molecule has 0 aliphatic carbocycles. The second kappa shape index (κ2) is 6.38. The summed E-state index contributed by atoms with van der Waals surface area (Å²) in [6.07, 6.45) is 0. The van der Waals surface area contributed by atoms with E-state index >= 15 is 0 Å². The molecule has 0 aliphatic heterocycles. The topological polar surface area (TPSA) is 80.0 Å². The van der Waals surface area contributed by atoms with Crippen molar-refractivity contribution in [1.29, 1.82) is 0 Å². The molecule has 2 rings (SSSR count). The lowest BCUT2D eigenvalue weighted by molar-refractivity contribution is 0.816. The van der Waals surface area contributed by atoms with E-state index in [9.17, 15) is 0 Å². The van der Waals surface area contributed by atoms with Crippen LogP contribution < -0.4 is 16.0 Å². The van der Waals surface area contributed by atoms with E-state index in [4.69, 9.17) is 17.3 Å². The van der Waals surface area contributed by atoms with Crippen molar-refractivity contribution >= 4 is 35.1 Å². The molecular formula is C13H17ClN6. The van der Waals surface area contributed by atoms with Crippen molar-refractivity contribution in [3.8, 4) is 0 Å². The third kappa shape index (κ3) is 3.48. The van der Waals surface area contributed by atoms with E-state index in [0.717, 1.165) is 18.8 Å². The van der Waals surface area contributed by atoms with Gasteiger partial charge in [0, 0.05) is 23.8 Å². The smallest absolute Gasteiger partial charge is 0.233 e. The van der Waals surface area contributed by atoms with Crippen LogP contribution >= 0.6 is 11.6 Å². The monoisotopic (exact) mass is 292 g/mol. The number of rotatable bonds is 5. The number of benzene rings is 1. The summed E-state index contributed by atoms with van der Waals surface area (Å²) >= 11 is 5.94. The molecular weight excluding hydrogens is 276 g/mol. The molecule has 2 aromatic rings. The maximum atomic E-state index is 5.94. The van der Waals surface area contributed by atoms with Crippen LogP contribution in [-0.4, -0.2) is 28.0 Å². The van der Waals surface area contributed by atoms with Crippen molar-refractivity contribution in [2.75, 3.05) is 29.0 Å². The Morgan fingerprint density at radius 3 is 2.60 bits per heavy atom. The van der Waals surface area contributed by atoms with Crippen molar-refractivity contribution in [3.63, 3.8) is 0 Å². The Morgan fingerprint density at radius 2 is 1.95 bits per heavy atom. The molecule has 106 valence electrons. The van der Waals surface area contributed by atoms with Crippen LogP contribution in [0.3, 0.4) is 0 Å². The molecule has 1 heterocycles. The minimum atomic E-state index is 0.187. The highest BCUT2D eigenvalue weighted by Crippen LogP contribution is 2.19. The fraction of sp³-hybridized carbons (Fsp3) is 0.308. The van der Waals surface area contributed by atoms with Crippen LogP contribution in [0, 0.1) is 0 Å². The van der Waals surface area contributed by atoms with Crippen LogP contribution in [0.2, 0.25) is 5.02 Å². The normalized spacial score (nSPS) is 10.3. The summed E-state index contributed by atoms with van der Waals surface area (Å²) < 4.78 is 0. The maximum Gasteiger partial charge on any atom is 0.233 e. The summed E-state index contributed by atoms with van der Waals surface area (Å²) in [6, 6.07) is 7.32. The molecule has 0 spiro atoms. The number of aromatic nitrogens is 3. The van der Waals surface area contributed by atoms with Gasteiger partial charge in [-0.2, -0.15) is 15.0 Å². The number of nitrogens with zero attached hydrogens (tertiary/aromatic N) is 4. The average molecular weight is 293 g/mol. The quantitative estimate of drug-likeness (QED) is 0.882. The zero-order valence-corrected chi connectivity index (χ0v) is 12.2. The van der Waals surface area contributed by atoms with Crippen LogP contribution in [0.1, 0.15) is 13.8 Å². The van der Waals surface area contributed by atoms with E-state index in [1.165, 1.54) is 0 Å². The Morgan fingerprint density at radius 1 is 1.20 bits per heavy atom. The summed E-state index contributed by atoms with van der Waals surface area (Å²) in [6.45, 7) is 5.67. The van der Waals surface area contributed by atoms with Crippen molar-refractivity contribution < 1.29 is 0 Å². The summed E-state index contributed by atoms with van der Waals surface area (Å²) in [4.78, 5) is 14.6. The predicted octanol–water partition coefficient (Wildman–Crippen LogP) is 2.70. The van der Waals surface area contributed by atoms with Crippen LogP contribution in [0.15, 0.2) is 24.3 Å². The van der Waals surface area contributed by atoms with Gasteiger partial charge in [0.1, 0.15) is 0 Å². The minimum absolute atomic E-state index is 0.187. The predicted molar refractivity (Wildman–Crippen MR) is 82.5 cm³/mol. The standard InChI is InChI=1S/C13H17ClN6/c1-3-20(4-2)13-18-11(15)17-12(19-13)16-10-7-5-6-9(14)8-10/h5-8H,3-4H2,1-2H3,(H3,15,16,17,18,19). The average Bonchev–Trinajstić information content (AvgIpc) is 2.39. The largest absolute Gasteiger partial charge is 0.368 e. The number of nitrogens with one attached hydrogen (secondary N) is 1. The fourth-order valence-corrected chi connectivity index (χ4v) is 1.97. The first kappa shape index (κ1) is 14.3. The number of hydrogen-bond acceptors (Lipinski definition) is 6. The summed E-state index contributed by atoms with van der Waals surface area (Å²) in [5.41, 5.74) is 6.53. The van der Waals surface area contributed by atoms with Crippen LogP contribution in [0.5, 0.6) is 0 Å². The zero-order valence-electron chi connectivity index (χ0n) is 11.5. The molecule has 0 bridgehead atoms. The molecule has 1 aromatic carbocycles. The molecule has 0 atom stereocenters. The van der Waals surface area contributed by atoms with E-state index in [1.54, 1.807) is 12.1 Å². The van der Waals surface area contributed by atoms with Gasteiger partial charge in [-0.25, -0.2) is 0 Å². The van der Waals surface area contributed by atoms with E-state index in [0.29, 0.717) is 16.9 Å². The number of nitrogen functional groups attached to an aromatic ring is 1. The van der Waals surface area contributed by atoms with Gasteiger partial charge in [0.25, 0.3) is 0 Å². The lowest BCUT2D eigenvalue weighted by Gasteiger charge is -2.19. The first-order chi connectivity index (χ1) is 9.62. The minimum Gasteiger partial charge on any atom is -0.368 e. The Hall–Kier alpha value is -2.08.